The van der Waals surface area contributed by atoms with Crippen molar-refractivity contribution in [2.75, 3.05) is 37.5 Å². The van der Waals surface area contributed by atoms with Gasteiger partial charge in [-0.05, 0) is 49.9 Å². The topological polar surface area (TPSA) is 62.3 Å². The summed E-state index contributed by atoms with van der Waals surface area (Å²) in [5, 5.41) is 8.29. The highest BCUT2D eigenvalue weighted by molar-refractivity contribution is 5.90. The Bertz CT molecular complexity index is 939. The number of benzene rings is 2. The molecule has 1 aliphatic rings. The van der Waals surface area contributed by atoms with Crippen LogP contribution in [0.1, 0.15) is 25.7 Å². The predicted molar refractivity (Wildman–Crippen MR) is 123 cm³/mol. The summed E-state index contributed by atoms with van der Waals surface area (Å²) in [4.78, 5) is 11.6. The van der Waals surface area contributed by atoms with Gasteiger partial charge in [-0.3, -0.25) is 0 Å². The van der Waals surface area contributed by atoms with Crippen LogP contribution in [0.15, 0.2) is 54.6 Å². The normalized spacial score (nSPS) is 18.9. The van der Waals surface area contributed by atoms with Crippen molar-refractivity contribution in [2.45, 2.75) is 37.8 Å². The molecule has 30 heavy (non-hydrogen) atoms. The standard InChI is InChI=1S/C24H31N5O/c1-29(2)23-21-10-6-7-11-22(21)27-24(28-23)26-19-14-12-18(13-15-19)25-16-17-30-20-8-4-3-5-9-20/h3-11,18-19,25H,12-17H2,1-2H3,(H,26,27,28). The van der Waals surface area contributed by atoms with Crippen molar-refractivity contribution in [3.8, 4) is 5.75 Å². The molecule has 1 fully saturated rings. The smallest absolute Gasteiger partial charge is 0.225 e. The first-order valence-electron chi connectivity index (χ1n) is 10.8. The Balaban J connectivity index is 1.26. The highest BCUT2D eigenvalue weighted by Gasteiger charge is 2.22. The summed E-state index contributed by atoms with van der Waals surface area (Å²) >= 11 is 0. The number of aromatic nitrogens is 2. The zero-order valence-corrected chi connectivity index (χ0v) is 17.8. The van der Waals surface area contributed by atoms with Gasteiger partial charge in [-0.15, -0.1) is 0 Å². The molecule has 158 valence electrons. The molecule has 0 radical (unpaired) electrons. The van der Waals surface area contributed by atoms with Gasteiger partial charge in [0.1, 0.15) is 18.2 Å². The first-order chi connectivity index (χ1) is 14.7. The maximum atomic E-state index is 5.77. The lowest BCUT2D eigenvalue weighted by Crippen LogP contribution is -2.38. The fourth-order valence-electron chi connectivity index (χ4n) is 4.04. The minimum absolute atomic E-state index is 0.416. The second kappa shape index (κ2) is 9.76. The number of rotatable bonds is 8. The van der Waals surface area contributed by atoms with Gasteiger partial charge in [0.05, 0.1) is 5.52 Å². The number of fused-ring (bicyclic) bond motifs is 1. The molecule has 1 aliphatic carbocycles. The van der Waals surface area contributed by atoms with Crippen molar-refractivity contribution in [1.29, 1.82) is 0 Å². The minimum Gasteiger partial charge on any atom is -0.492 e. The number of nitrogens with zero attached hydrogens (tertiary/aromatic N) is 3. The number of anilines is 2. The van der Waals surface area contributed by atoms with Crippen LogP contribution in [0.5, 0.6) is 5.75 Å². The van der Waals surface area contributed by atoms with Crippen LogP contribution in [0.2, 0.25) is 0 Å². The van der Waals surface area contributed by atoms with Gasteiger partial charge in [-0.1, -0.05) is 30.3 Å². The zero-order valence-electron chi connectivity index (χ0n) is 17.8. The second-order valence-corrected chi connectivity index (χ2v) is 8.09. The van der Waals surface area contributed by atoms with E-state index in [4.69, 9.17) is 14.7 Å². The molecular weight excluding hydrogens is 374 g/mol. The van der Waals surface area contributed by atoms with Gasteiger partial charge < -0.3 is 20.3 Å². The summed E-state index contributed by atoms with van der Waals surface area (Å²) in [6.45, 7) is 1.57. The molecule has 0 bridgehead atoms. The molecule has 0 atom stereocenters. The fourth-order valence-corrected chi connectivity index (χ4v) is 4.04. The summed E-state index contributed by atoms with van der Waals surface area (Å²) in [5.74, 6) is 2.61. The minimum atomic E-state index is 0.416. The van der Waals surface area contributed by atoms with Crippen LogP contribution in [0.3, 0.4) is 0 Å². The van der Waals surface area contributed by atoms with Crippen molar-refractivity contribution in [2.24, 2.45) is 0 Å². The Hall–Kier alpha value is -2.86. The highest BCUT2D eigenvalue weighted by atomic mass is 16.5. The van der Waals surface area contributed by atoms with E-state index in [2.05, 4.69) is 16.7 Å². The largest absolute Gasteiger partial charge is 0.492 e. The lowest BCUT2D eigenvalue weighted by molar-refractivity contribution is 0.285. The maximum Gasteiger partial charge on any atom is 0.225 e. The van der Waals surface area contributed by atoms with E-state index < -0.39 is 0 Å². The van der Waals surface area contributed by atoms with E-state index in [-0.39, 0.29) is 0 Å². The number of hydrogen-bond acceptors (Lipinski definition) is 6. The molecule has 0 spiro atoms. The third-order valence-corrected chi connectivity index (χ3v) is 5.61. The monoisotopic (exact) mass is 405 g/mol. The van der Waals surface area contributed by atoms with Crippen molar-refractivity contribution >= 4 is 22.7 Å². The Morgan fingerprint density at radius 1 is 0.900 bits per heavy atom. The van der Waals surface area contributed by atoms with Gasteiger partial charge in [0.2, 0.25) is 5.95 Å². The summed E-state index contributed by atoms with van der Waals surface area (Å²) in [6.07, 6.45) is 4.53. The summed E-state index contributed by atoms with van der Waals surface area (Å²) in [7, 11) is 4.05. The van der Waals surface area contributed by atoms with E-state index in [1.165, 1.54) is 0 Å². The highest BCUT2D eigenvalue weighted by Crippen LogP contribution is 2.26. The van der Waals surface area contributed by atoms with Crippen LogP contribution >= 0.6 is 0 Å². The zero-order chi connectivity index (χ0) is 20.8. The molecule has 0 amide bonds. The van der Waals surface area contributed by atoms with E-state index in [0.717, 1.165) is 60.6 Å². The van der Waals surface area contributed by atoms with Crippen LogP contribution in [0.4, 0.5) is 11.8 Å². The van der Waals surface area contributed by atoms with E-state index in [1.54, 1.807) is 0 Å². The third-order valence-electron chi connectivity index (χ3n) is 5.61. The molecule has 0 saturated heterocycles. The molecule has 0 aliphatic heterocycles. The summed E-state index contributed by atoms with van der Waals surface area (Å²) in [5.41, 5.74) is 0.979. The van der Waals surface area contributed by atoms with Crippen LogP contribution in [0.25, 0.3) is 10.9 Å². The van der Waals surface area contributed by atoms with Gasteiger partial charge in [0.25, 0.3) is 0 Å². The fraction of sp³-hybridized carbons (Fsp3) is 0.417. The van der Waals surface area contributed by atoms with E-state index in [1.807, 2.05) is 67.5 Å². The summed E-state index contributed by atoms with van der Waals surface area (Å²) < 4.78 is 5.77. The maximum absolute atomic E-state index is 5.77. The number of ether oxygens (including phenoxy) is 1. The quantitative estimate of drug-likeness (QED) is 0.551. The molecule has 1 aromatic heterocycles. The lowest BCUT2D eigenvalue weighted by Gasteiger charge is -2.30. The first kappa shape index (κ1) is 20.4. The number of nitrogens with one attached hydrogen (secondary N) is 2. The van der Waals surface area contributed by atoms with Crippen molar-refractivity contribution in [1.82, 2.24) is 15.3 Å². The van der Waals surface area contributed by atoms with E-state index in [0.29, 0.717) is 18.7 Å². The Morgan fingerprint density at radius 2 is 1.60 bits per heavy atom. The van der Waals surface area contributed by atoms with Crippen molar-refractivity contribution < 1.29 is 4.74 Å². The van der Waals surface area contributed by atoms with E-state index >= 15 is 0 Å². The number of hydrogen-bond donors (Lipinski definition) is 2. The van der Waals surface area contributed by atoms with Crippen LogP contribution in [-0.2, 0) is 0 Å². The van der Waals surface area contributed by atoms with Gasteiger partial charge >= 0.3 is 0 Å². The Kier molecular flexibility index (Phi) is 6.64. The van der Waals surface area contributed by atoms with Crippen LogP contribution in [0, 0.1) is 0 Å². The molecule has 6 nitrogen and oxygen atoms in total. The Labute approximate surface area is 178 Å². The summed E-state index contributed by atoms with van der Waals surface area (Å²) in [6, 6.07) is 19.1. The number of para-hydroxylation sites is 2. The molecule has 2 aromatic carbocycles. The van der Waals surface area contributed by atoms with Crippen LogP contribution in [-0.4, -0.2) is 49.3 Å². The van der Waals surface area contributed by atoms with Crippen LogP contribution < -0.4 is 20.3 Å². The average molecular weight is 406 g/mol. The first-order valence-corrected chi connectivity index (χ1v) is 10.8. The molecular formula is C24H31N5O. The molecule has 0 unspecified atom stereocenters. The molecule has 2 N–H and O–H groups in total. The lowest BCUT2D eigenvalue weighted by atomic mass is 9.91. The van der Waals surface area contributed by atoms with Gasteiger partial charge in [-0.2, -0.15) is 4.98 Å². The molecule has 1 saturated carbocycles. The molecule has 6 heteroatoms. The molecule has 1 heterocycles. The van der Waals surface area contributed by atoms with Crippen molar-refractivity contribution in [3.05, 3.63) is 54.6 Å². The van der Waals surface area contributed by atoms with Gasteiger partial charge in [0.15, 0.2) is 0 Å². The molecule has 4 rings (SSSR count). The van der Waals surface area contributed by atoms with E-state index in [9.17, 15) is 0 Å². The van der Waals surface area contributed by atoms with Gasteiger partial charge in [0, 0.05) is 38.1 Å². The second-order valence-electron chi connectivity index (χ2n) is 8.09. The predicted octanol–water partition coefficient (Wildman–Crippen LogP) is 4.09. The van der Waals surface area contributed by atoms with Gasteiger partial charge in [-0.25, -0.2) is 4.98 Å². The SMILES string of the molecule is CN(C)c1nc(NC2CCC(NCCOc3ccccc3)CC2)nc2ccccc12. The average Bonchev–Trinajstić information content (AvgIpc) is 2.78. The Morgan fingerprint density at radius 3 is 2.37 bits per heavy atom. The third kappa shape index (κ3) is 5.19. The van der Waals surface area contributed by atoms with Crippen molar-refractivity contribution in [3.63, 3.8) is 0 Å². The molecule has 3 aromatic rings.